The summed E-state index contributed by atoms with van der Waals surface area (Å²) in [4.78, 5) is 0. The lowest BCUT2D eigenvalue weighted by Crippen LogP contribution is -1.82. The highest BCUT2D eigenvalue weighted by molar-refractivity contribution is 8.76. The van der Waals surface area contributed by atoms with Crippen LogP contribution in [-0.4, -0.2) is 23.7 Å². The van der Waals surface area contributed by atoms with E-state index in [2.05, 4.69) is 6.26 Å². The molecule has 1 nitrogen and oxygen atoms in total. The van der Waals surface area contributed by atoms with Crippen LogP contribution in [0, 0.1) is 0 Å². The lowest BCUT2D eigenvalue weighted by Gasteiger charge is -1.93. The van der Waals surface area contributed by atoms with E-state index in [1.165, 1.54) is 5.75 Å². The molecule has 0 radical (unpaired) electrons. The molecule has 1 N–H and O–H groups in total. The number of unbranched alkanes of at least 4 members (excludes halogenated alkanes) is 1. The van der Waals surface area contributed by atoms with Crippen molar-refractivity contribution >= 4 is 21.6 Å². The molecule has 0 saturated carbocycles. The van der Waals surface area contributed by atoms with Crippen LogP contribution in [-0.2, 0) is 0 Å². The van der Waals surface area contributed by atoms with Crippen molar-refractivity contribution in [1.29, 1.82) is 0 Å². The van der Waals surface area contributed by atoms with Crippen molar-refractivity contribution in [2.75, 3.05) is 18.6 Å². The van der Waals surface area contributed by atoms with Crippen molar-refractivity contribution < 1.29 is 5.11 Å². The smallest absolute Gasteiger partial charge is 0.0431 e. The van der Waals surface area contributed by atoms with Crippen LogP contribution in [0.4, 0.5) is 0 Å². The van der Waals surface area contributed by atoms with E-state index >= 15 is 0 Å². The first-order valence-corrected chi connectivity index (χ1v) is 5.41. The number of hydrogen-bond donors (Lipinski definition) is 1. The molecule has 0 bridgehead atoms. The Bertz CT molecular complexity index is 35.4. The van der Waals surface area contributed by atoms with Gasteiger partial charge in [-0.3, -0.25) is 0 Å². The minimum Gasteiger partial charge on any atom is -0.396 e. The average Bonchev–Trinajstić information content (AvgIpc) is 1.81. The fraction of sp³-hybridized carbons (Fsp3) is 1.00. The molecular formula is C5H12OS2. The second-order valence-corrected chi connectivity index (χ2v) is 4.10. The minimum absolute atomic E-state index is 0.342. The van der Waals surface area contributed by atoms with Crippen LogP contribution in [0.25, 0.3) is 0 Å². The number of aliphatic hydroxyl groups is 1. The highest BCUT2D eigenvalue weighted by Gasteiger charge is 1.84. The Labute approximate surface area is 58.6 Å². The maximum absolute atomic E-state index is 8.35. The van der Waals surface area contributed by atoms with Gasteiger partial charge in [-0.2, -0.15) is 0 Å². The second kappa shape index (κ2) is 7.66. The molecule has 0 saturated heterocycles. The van der Waals surface area contributed by atoms with E-state index in [0.717, 1.165) is 12.8 Å². The van der Waals surface area contributed by atoms with Gasteiger partial charge in [0.25, 0.3) is 0 Å². The molecule has 0 aliphatic carbocycles. The Morgan fingerprint density at radius 3 is 2.62 bits per heavy atom. The predicted octanol–water partition coefficient (Wildman–Crippen LogP) is 1.77. The molecule has 0 fully saturated rings. The summed E-state index contributed by atoms with van der Waals surface area (Å²) in [5, 5.41) is 8.35. The van der Waals surface area contributed by atoms with Gasteiger partial charge in [-0.25, -0.2) is 0 Å². The summed E-state index contributed by atoms with van der Waals surface area (Å²) >= 11 is 0. The molecule has 0 aromatic carbocycles. The fourth-order valence-electron chi connectivity index (χ4n) is 0.356. The van der Waals surface area contributed by atoms with Crippen molar-refractivity contribution in [3.8, 4) is 0 Å². The van der Waals surface area contributed by atoms with Crippen LogP contribution >= 0.6 is 21.6 Å². The van der Waals surface area contributed by atoms with Crippen LogP contribution < -0.4 is 0 Å². The third-order valence-corrected chi connectivity index (χ3v) is 2.65. The highest BCUT2D eigenvalue weighted by atomic mass is 33.1. The van der Waals surface area contributed by atoms with Crippen molar-refractivity contribution in [3.05, 3.63) is 0 Å². The summed E-state index contributed by atoms with van der Waals surface area (Å²) in [6.45, 7) is 0.342. The molecule has 0 rings (SSSR count). The molecule has 50 valence electrons. The first-order chi connectivity index (χ1) is 3.91. The molecule has 0 aromatic heterocycles. The van der Waals surface area contributed by atoms with Crippen molar-refractivity contribution in [1.82, 2.24) is 0 Å². The van der Waals surface area contributed by atoms with Gasteiger partial charge in [-0.05, 0) is 19.1 Å². The third-order valence-electron chi connectivity index (χ3n) is 0.754. The third kappa shape index (κ3) is 6.66. The van der Waals surface area contributed by atoms with E-state index in [4.69, 9.17) is 5.11 Å². The summed E-state index contributed by atoms with van der Waals surface area (Å²) in [6, 6.07) is 0. The molecule has 0 atom stereocenters. The maximum atomic E-state index is 8.35. The first kappa shape index (κ1) is 8.66. The van der Waals surface area contributed by atoms with Crippen LogP contribution in [0.3, 0.4) is 0 Å². The predicted molar refractivity (Wildman–Crippen MR) is 42.3 cm³/mol. The van der Waals surface area contributed by atoms with E-state index in [0.29, 0.717) is 6.61 Å². The van der Waals surface area contributed by atoms with Crippen LogP contribution in [0.1, 0.15) is 12.8 Å². The summed E-state index contributed by atoms with van der Waals surface area (Å²) in [5.74, 6) is 1.17. The summed E-state index contributed by atoms with van der Waals surface area (Å²) in [7, 11) is 3.64. The Balaban J connectivity index is 2.53. The summed E-state index contributed by atoms with van der Waals surface area (Å²) in [5.41, 5.74) is 0. The zero-order valence-corrected chi connectivity index (χ0v) is 6.73. The van der Waals surface area contributed by atoms with E-state index in [-0.39, 0.29) is 0 Å². The molecule has 3 heteroatoms. The van der Waals surface area contributed by atoms with E-state index < -0.39 is 0 Å². The normalized spacial score (nSPS) is 9.75. The Hall–Kier alpha value is 0.660. The number of hydrogen-bond acceptors (Lipinski definition) is 3. The van der Waals surface area contributed by atoms with E-state index in [1.54, 1.807) is 10.8 Å². The van der Waals surface area contributed by atoms with E-state index in [1.807, 2.05) is 10.8 Å². The Morgan fingerprint density at radius 1 is 1.38 bits per heavy atom. The van der Waals surface area contributed by atoms with Gasteiger partial charge in [-0.15, -0.1) is 0 Å². The first-order valence-electron chi connectivity index (χ1n) is 2.68. The van der Waals surface area contributed by atoms with Crippen molar-refractivity contribution in [3.63, 3.8) is 0 Å². The van der Waals surface area contributed by atoms with Crippen LogP contribution in [0.15, 0.2) is 0 Å². The van der Waals surface area contributed by atoms with Crippen molar-refractivity contribution in [2.24, 2.45) is 0 Å². The molecule has 0 aliphatic rings. The maximum Gasteiger partial charge on any atom is 0.0431 e. The second-order valence-electron chi connectivity index (χ2n) is 1.42. The van der Waals surface area contributed by atoms with Gasteiger partial charge in [0.15, 0.2) is 0 Å². The standard InChI is InChI=1S/C5H12OS2/c1-7-8-5-3-2-4-6/h6H,2-5H2,1H3. The quantitative estimate of drug-likeness (QED) is 0.479. The van der Waals surface area contributed by atoms with Crippen LogP contribution in [0.5, 0.6) is 0 Å². The molecule has 0 unspecified atom stereocenters. The average molecular weight is 152 g/mol. The molecular weight excluding hydrogens is 140 g/mol. The zero-order chi connectivity index (χ0) is 6.24. The molecule has 0 heterocycles. The molecule has 0 aliphatic heterocycles. The Kier molecular flexibility index (Phi) is 8.29. The summed E-state index contributed by atoms with van der Waals surface area (Å²) in [6.07, 6.45) is 4.17. The van der Waals surface area contributed by atoms with Gasteiger partial charge < -0.3 is 5.11 Å². The number of rotatable bonds is 5. The van der Waals surface area contributed by atoms with Gasteiger partial charge in [0.1, 0.15) is 0 Å². The fourth-order valence-corrected chi connectivity index (χ4v) is 1.70. The largest absolute Gasteiger partial charge is 0.396 e. The van der Waals surface area contributed by atoms with E-state index in [9.17, 15) is 0 Å². The van der Waals surface area contributed by atoms with Gasteiger partial charge in [0.2, 0.25) is 0 Å². The molecule has 8 heavy (non-hydrogen) atoms. The van der Waals surface area contributed by atoms with Gasteiger partial charge >= 0.3 is 0 Å². The zero-order valence-electron chi connectivity index (χ0n) is 5.09. The molecule has 0 spiro atoms. The van der Waals surface area contributed by atoms with Gasteiger partial charge in [0.05, 0.1) is 0 Å². The minimum atomic E-state index is 0.342. The molecule has 0 amide bonds. The lowest BCUT2D eigenvalue weighted by molar-refractivity contribution is 0.287. The number of aliphatic hydroxyl groups excluding tert-OH is 1. The van der Waals surface area contributed by atoms with Gasteiger partial charge in [-0.1, -0.05) is 21.6 Å². The lowest BCUT2D eigenvalue weighted by atomic mass is 10.4. The monoisotopic (exact) mass is 152 g/mol. The van der Waals surface area contributed by atoms with Crippen molar-refractivity contribution in [2.45, 2.75) is 12.8 Å². The van der Waals surface area contributed by atoms with Gasteiger partial charge in [0, 0.05) is 12.4 Å². The topological polar surface area (TPSA) is 20.2 Å². The SMILES string of the molecule is CSSCCCCO. The molecule has 0 aromatic rings. The van der Waals surface area contributed by atoms with Crippen LogP contribution in [0.2, 0.25) is 0 Å². The highest BCUT2D eigenvalue weighted by Crippen LogP contribution is 2.17. The summed E-state index contributed by atoms with van der Waals surface area (Å²) < 4.78 is 0. The Morgan fingerprint density at radius 2 is 2.12 bits per heavy atom.